The molecule has 0 radical (unpaired) electrons. The van der Waals surface area contributed by atoms with Crippen LogP contribution in [0.3, 0.4) is 0 Å². The number of piperidine rings is 1. The molecule has 1 N–H and O–H groups in total. The first-order chi connectivity index (χ1) is 12.1. The van der Waals surface area contributed by atoms with E-state index in [1.54, 1.807) is 13.1 Å². The minimum absolute atomic E-state index is 0.0681. The van der Waals surface area contributed by atoms with E-state index in [4.69, 9.17) is 0 Å². The Balaban J connectivity index is 1.42. The summed E-state index contributed by atoms with van der Waals surface area (Å²) in [6.45, 7) is 5.76. The highest BCUT2D eigenvalue weighted by atomic mass is 16.2. The number of nitrogens with one attached hydrogen (secondary N) is 1. The molecule has 2 atom stereocenters. The highest BCUT2D eigenvalue weighted by Crippen LogP contribution is 2.33. The highest BCUT2D eigenvalue weighted by Gasteiger charge is 2.37. The number of aromatic amines is 1. The maximum Gasteiger partial charge on any atom is 0.254 e. The summed E-state index contributed by atoms with van der Waals surface area (Å²) in [6.07, 6.45) is 8.26. The molecule has 4 fully saturated rings. The van der Waals surface area contributed by atoms with Crippen LogP contribution in [0.15, 0.2) is 11.0 Å². The van der Waals surface area contributed by atoms with Gasteiger partial charge in [-0.25, -0.2) is 4.98 Å². The molecule has 25 heavy (non-hydrogen) atoms. The number of hydrogen-bond donors (Lipinski definition) is 1. The smallest absolute Gasteiger partial charge is 0.254 e. The number of rotatable bonds is 4. The van der Waals surface area contributed by atoms with Gasteiger partial charge in [-0.15, -0.1) is 0 Å². The number of hydrogen-bond acceptors (Lipinski definition) is 4. The van der Waals surface area contributed by atoms with Gasteiger partial charge in [0, 0.05) is 44.0 Å². The Morgan fingerprint density at radius 2 is 2.08 bits per heavy atom. The summed E-state index contributed by atoms with van der Waals surface area (Å²) in [5.41, 5.74) is 0.281. The summed E-state index contributed by atoms with van der Waals surface area (Å²) in [7, 11) is 0. The molecule has 0 unspecified atom stereocenters. The van der Waals surface area contributed by atoms with Gasteiger partial charge in [0.15, 0.2) is 0 Å². The third-order valence-electron chi connectivity index (χ3n) is 6.24. The van der Waals surface area contributed by atoms with Gasteiger partial charge in [0.1, 0.15) is 5.82 Å². The Hall–Kier alpha value is -1.69. The lowest BCUT2D eigenvalue weighted by Crippen LogP contribution is -2.47. The van der Waals surface area contributed by atoms with Crippen LogP contribution >= 0.6 is 0 Å². The molecule has 0 aromatic carbocycles. The third kappa shape index (κ3) is 3.64. The van der Waals surface area contributed by atoms with Crippen molar-refractivity contribution in [3.05, 3.63) is 27.9 Å². The van der Waals surface area contributed by atoms with E-state index in [9.17, 15) is 9.59 Å². The van der Waals surface area contributed by atoms with Gasteiger partial charge in [-0.3, -0.25) is 14.5 Å². The number of H-pyrrole nitrogens is 1. The molecule has 2 bridgehead atoms. The van der Waals surface area contributed by atoms with Crippen molar-refractivity contribution in [1.82, 2.24) is 19.8 Å². The first kappa shape index (κ1) is 16.8. The Labute approximate surface area is 148 Å². The summed E-state index contributed by atoms with van der Waals surface area (Å²) in [5.74, 6) is 2.11. The minimum atomic E-state index is -0.190. The van der Waals surface area contributed by atoms with Crippen molar-refractivity contribution in [3.8, 4) is 0 Å². The number of aromatic nitrogens is 2. The molecule has 1 saturated carbocycles. The van der Waals surface area contributed by atoms with Crippen LogP contribution in [0, 0.1) is 18.8 Å². The zero-order valence-corrected chi connectivity index (χ0v) is 15.0. The van der Waals surface area contributed by atoms with Crippen LogP contribution in [0.2, 0.25) is 0 Å². The zero-order chi connectivity index (χ0) is 17.4. The molecule has 1 aromatic rings. The number of carbonyl (C=O) groups is 1. The standard InChI is InChI=1S/C19H28N4O2/c1-13-20-8-16(19(25)21-13)7-18(24)23-11-15-5-6-17(12-23)22(10-15)9-14-3-2-4-14/h8,14-15,17H,2-7,9-12H2,1H3,(H,20,21,25)/t15-,17-/m0/s1. The first-order valence-electron chi connectivity index (χ1n) is 9.65. The second-order valence-corrected chi connectivity index (χ2v) is 8.15. The lowest BCUT2D eigenvalue weighted by atomic mass is 9.83. The van der Waals surface area contributed by atoms with E-state index < -0.39 is 0 Å². The van der Waals surface area contributed by atoms with E-state index in [0.717, 1.165) is 25.6 Å². The fourth-order valence-corrected chi connectivity index (χ4v) is 4.52. The molecule has 1 aromatic heterocycles. The molecule has 1 amide bonds. The lowest BCUT2D eigenvalue weighted by Gasteiger charge is -2.40. The lowest BCUT2D eigenvalue weighted by molar-refractivity contribution is -0.130. The topological polar surface area (TPSA) is 69.3 Å². The van der Waals surface area contributed by atoms with Crippen LogP contribution in [0.25, 0.3) is 0 Å². The summed E-state index contributed by atoms with van der Waals surface area (Å²) >= 11 is 0. The normalized spacial score (nSPS) is 27.2. The van der Waals surface area contributed by atoms with E-state index in [1.807, 2.05) is 4.90 Å². The number of aryl methyl sites for hydroxylation is 1. The van der Waals surface area contributed by atoms with Gasteiger partial charge in [-0.2, -0.15) is 0 Å². The fourth-order valence-electron chi connectivity index (χ4n) is 4.52. The van der Waals surface area contributed by atoms with Crippen molar-refractivity contribution in [2.45, 2.75) is 51.5 Å². The maximum absolute atomic E-state index is 12.8. The Morgan fingerprint density at radius 3 is 2.80 bits per heavy atom. The third-order valence-corrected chi connectivity index (χ3v) is 6.24. The Bertz CT molecular complexity index is 697. The summed E-state index contributed by atoms with van der Waals surface area (Å²) in [5, 5.41) is 0. The number of nitrogens with zero attached hydrogens (tertiary/aromatic N) is 3. The van der Waals surface area contributed by atoms with Crippen LogP contribution in [-0.2, 0) is 11.2 Å². The van der Waals surface area contributed by atoms with Crippen LogP contribution < -0.4 is 5.56 Å². The molecule has 1 aliphatic carbocycles. The molecule has 3 aliphatic heterocycles. The van der Waals surface area contributed by atoms with Gasteiger partial charge in [0.25, 0.3) is 5.56 Å². The van der Waals surface area contributed by atoms with Crippen molar-refractivity contribution >= 4 is 5.91 Å². The first-order valence-corrected chi connectivity index (χ1v) is 9.65. The average Bonchev–Trinajstić information content (AvgIpc) is 2.85. The quantitative estimate of drug-likeness (QED) is 0.895. The van der Waals surface area contributed by atoms with Gasteiger partial charge in [-0.1, -0.05) is 6.42 Å². The van der Waals surface area contributed by atoms with Crippen LogP contribution in [0.1, 0.15) is 43.5 Å². The molecule has 3 saturated heterocycles. The van der Waals surface area contributed by atoms with Gasteiger partial charge in [0.05, 0.1) is 6.42 Å². The molecule has 6 nitrogen and oxygen atoms in total. The second-order valence-electron chi connectivity index (χ2n) is 8.15. The second kappa shape index (κ2) is 6.90. The van der Waals surface area contributed by atoms with Gasteiger partial charge < -0.3 is 9.88 Å². The molecule has 136 valence electrons. The van der Waals surface area contributed by atoms with Gasteiger partial charge >= 0.3 is 0 Å². The van der Waals surface area contributed by atoms with E-state index >= 15 is 0 Å². The van der Waals surface area contributed by atoms with Crippen LogP contribution in [0.5, 0.6) is 0 Å². The molecule has 4 heterocycles. The maximum atomic E-state index is 12.8. The van der Waals surface area contributed by atoms with E-state index in [1.165, 1.54) is 38.6 Å². The van der Waals surface area contributed by atoms with Crippen molar-refractivity contribution in [3.63, 3.8) is 0 Å². The number of carbonyl (C=O) groups excluding carboxylic acids is 1. The van der Waals surface area contributed by atoms with E-state index in [2.05, 4.69) is 14.9 Å². The predicted octanol–water partition coefficient (Wildman–Crippen LogP) is 1.34. The van der Waals surface area contributed by atoms with E-state index in [-0.39, 0.29) is 17.9 Å². The molecule has 5 rings (SSSR count). The predicted molar refractivity (Wildman–Crippen MR) is 95.3 cm³/mol. The molecular formula is C19H28N4O2. The number of fused-ring (bicyclic) bond motifs is 4. The van der Waals surface area contributed by atoms with Crippen LogP contribution in [0.4, 0.5) is 0 Å². The monoisotopic (exact) mass is 344 g/mol. The van der Waals surface area contributed by atoms with Crippen molar-refractivity contribution < 1.29 is 4.79 Å². The SMILES string of the molecule is Cc1ncc(CC(=O)N2C[C@H]3CC[C@@H](C2)N(CC2CCC2)C3)c(=O)[nH]1. The zero-order valence-electron chi connectivity index (χ0n) is 15.0. The molecule has 6 heteroatoms. The molecular weight excluding hydrogens is 316 g/mol. The van der Waals surface area contributed by atoms with Crippen molar-refractivity contribution in [2.75, 3.05) is 26.2 Å². The summed E-state index contributed by atoms with van der Waals surface area (Å²) in [6, 6.07) is 0.498. The summed E-state index contributed by atoms with van der Waals surface area (Å²) < 4.78 is 0. The summed E-state index contributed by atoms with van der Waals surface area (Å²) in [4.78, 5) is 36.3. The van der Waals surface area contributed by atoms with Crippen molar-refractivity contribution in [2.24, 2.45) is 11.8 Å². The Morgan fingerprint density at radius 1 is 1.24 bits per heavy atom. The molecule has 4 aliphatic rings. The minimum Gasteiger partial charge on any atom is -0.341 e. The van der Waals surface area contributed by atoms with Gasteiger partial charge in [0.2, 0.25) is 5.91 Å². The fraction of sp³-hybridized carbons (Fsp3) is 0.737. The van der Waals surface area contributed by atoms with E-state index in [0.29, 0.717) is 23.3 Å². The average molecular weight is 344 g/mol. The largest absolute Gasteiger partial charge is 0.341 e. The van der Waals surface area contributed by atoms with Crippen LogP contribution in [-0.4, -0.2) is 57.9 Å². The number of amides is 1. The van der Waals surface area contributed by atoms with Gasteiger partial charge in [-0.05, 0) is 44.4 Å². The Kier molecular flexibility index (Phi) is 4.63. The van der Waals surface area contributed by atoms with Crippen molar-refractivity contribution in [1.29, 1.82) is 0 Å². The highest BCUT2D eigenvalue weighted by molar-refractivity contribution is 5.78. The molecule has 0 spiro atoms.